The summed E-state index contributed by atoms with van der Waals surface area (Å²) in [6, 6.07) is 0. The van der Waals surface area contributed by atoms with E-state index in [0.29, 0.717) is 0 Å². The van der Waals surface area contributed by atoms with Crippen molar-refractivity contribution in [2.45, 2.75) is 78.1 Å². The third kappa shape index (κ3) is 18.9. The van der Waals surface area contributed by atoms with Crippen LogP contribution in [0.3, 0.4) is 0 Å². The normalized spacial score (nSPS) is 10.0. The molecule has 0 aromatic carbocycles. The van der Waals surface area contributed by atoms with Gasteiger partial charge in [-0.1, -0.05) is 77.0 Å². The summed E-state index contributed by atoms with van der Waals surface area (Å²) >= 11 is 6.91. The van der Waals surface area contributed by atoms with E-state index in [4.69, 9.17) is 17.0 Å². The molecule has 4 heteroatoms. The van der Waals surface area contributed by atoms with Crippen LogP contribution in [0.4, 0.5) is 0 Å². The number of unbranched alkanes of at least 4 members (excludes halogenated alkanes) is 8. The van der Waals surface area contributed by atoms with Crippen molar-refractivity contribution in [1.29, 1.82) is 0 Å². The Hall–Kier alpha value is 0.863. The molecule has 0 atom stereocenters. The first kappa shape index (κ1) is 22.1. The first-order chi connectivity index (χ1) is 8.81. The second-order valence-corrected chi connectivity index (χ2v) is 6.47. The summed E-state index contributed by atoms with van der Waals surface area (Å²) in [5, 5.41) is 0. The summed E-state index contributed by atoms with van der Waals surface area (Å²) in [7, 11) is 0. The Morgan fingerprint density at radius 2 is 1.37 bits per heavy atom. The minimum atomic E-state index is 0. The van der Waals surface area contributed by atoms with E-state index >= 15 is 0 Å². The first-order valence-corrected chi connectivity index (χ1v) is 9.00. The Bertz CT molecular complexity index is 171. The topological polar surface area (TPSA) is 9.23 Å². The van der Waals surface area contributed by atoms with Crippen LogP contribution in [-0.2, 0) is 24.2 Å². The number of thiocarbonyl (C=S) groups is 1. The molecule has 0 aliphatic heterocycles. The molecule has 0 N–H and O–H groups in total. The molecular formula is C15H30OS2Zn. The van der Waals surface area contributed by atoms with Crippen LogP contribution >= 0.6 is 24.0 Å². The molecule has 0 spiro atoms. The van der Waals surface area contributed by atoms with Crippen LogP contribution in [0.5, 0.6) is 0 Å². The molecule has 0 rings (SSSR count). The summed E-state index contributed by atoms with van der Waals surface area (Å²) in [5.41, 5.74) is 0. The van der Waals surface area contributed by atoms with Crippen molar-refractivity contribution in [2.75, 3.05) is 12.4 Å². The molecule has 19 heavy (non-hydrogen) atoms. The zero-order valence-electron chi connectivity index (χ0n) is 12.9. The molecule has 0 fully saturated rings. The van der Waals surface area contributed by atoms with Crippen LogP contribution in [0.2, 0.25) is 0 Å². The quantitative estimate of drug-likeness (QED) is 0.243. The first-order valence-electron chi connectivity index (χ1n) is 7.60. The SMILES string of the molecule is CCCCCCCOC(=S)SCCCCCCC.[Zn]. The fourth-order valence-corrected chi connectivity index (χ4v) is 2.78. The van der Waals surface area contributed by atoms with Gasteiger partial charge in [-0.15, -0.1) is 0 Å². The molecular weight excluding hydrogens is 326 g/mol. The maximum atomic E-state index is 5.54. The molecule has 0 aliphatic carbocycles. The maximum absolute atomic E-state index is 5.54. The molecule has 0 radical (unpaired) electrons. The van der Waals surface area contributed by atoms with Crippen LogP contribution in [0.25, 0.3) is 0 Å². The Morgan fingerprint density at radius 3 is 1.95 bits per heavy atom. The van der Waals surface area contributed by atoms with Crippen LogP contribution in [-0.4, -0.2) is 16.7 Å². The zero-order chi connectivity index (χ0) is 13.5. The summed E-state index contributed by atoms with van der Waals surface area (Å²) < 4.78 is 6.30. The predicted molar refractivity (Wildman–Crippen MR) is 88.5 cm³/mol. The molecule has 0 aromatic heterocycles. The van der Waals surface area contributed by atoms with Gasteiger partial charge in [-0.25, -0.2) is 0 Å². The van der Waals surface area contributed by atoms with Crippen molar-refractivity contribution in [3.05, 3.63) is 0 Å². The maximum Gasteiger partial charge on any atom is 0.219 e. The van der Waals surface area contributed by atoms with Crippen molar-refractivity contribution in [1.82, 2.24) is 0 Å². The van der Waals surface area contributed by atoms with Crippen LogP contribution in [0, 0.1) is 0 Å². The van der Waals surface area contributed by atoms with Crippen LogP contribution in [0.1, 0.15) is 78.1 Å². The van der Waals surface area contributed by atoms with Gasteiger partial charge >= 0.3 is 0 Å². The smallest absolute Gasteiger partial charge is 0.219 e. The Balaban J connectivity index is 0. The van der Waals surface area contributed by atoms with Gasteiger partial charge in [0, 0.05) is 25.2 Å². The van der Waals surface area contributed by atoms with Crippen molar-refractivity contribution in [3.8, 4) is 0 Å². The van der Waals surface area contributed by atoms with Gasteiger partial charge in [0.05, 0.1) is 6.61 Å². The number of rotatable bonds is 12. The fourth-order valence-electron chi connectivity index (χ4n) is 1.76. The number of hydrogen-bond donors (Lipinski definition) is 0. The van der Waals surface area contributed by atoms with Crippen molar-refractivity contribution < 1.29 is 24.2 Å². The molecule has 0 aliphatic rings. The molecule has 0 unspecified atom stereocenters. The Labute approximate surface area is 142 Å². The van der Waals surface area contributed by atoms with Gasteiger partial charge in [-0.3, -0.25) is 0 Å². The second-order valence-electron chi connectivity index (χ2n) is 4.78. The minimum absolute atomic E-state index is 0. The van der Waals surface area contributed by atoms with E-state index in [-0.39, 0.29) is 19.5 Å². The molecule has 0 bridgehead atoms. The largest absolute Gasteiger partial charge is 0.479 e. The van der Waals surface area contributed by atoms with Crippen molar-refractivity contribution in [3.63, 3.8) is 0 Å². The van der Waals surface area contributed by atoms with E-state index in [0.717, 1.165) is 23.2 Å². The average molecular weight is 356 g/mol. The van der Waals surface area contributed by atoms with Crippen LogP contribution in [0.15, 0.2) is 0 Å². The van der Waals surface area contributed by atoms with Gasteiger partial charge in [-0.2, -0.15) is 0 Å². The van der Waals surface area contributed by atoms with Crippen molar-refractivity contribution in [2.24, 2.45) is 0 Å². The zero-order valence-corrected chi connectivity index (χ0v) is 17.5. The van der Waals surface area contributed by atoms with E-state index in [1.54, 1.807) is 11.8 Å². The summed E-state index contributed by atoms with van der Waals surface area (Å²) in [5.74, 6) is 1.12. The van der Waals surface area contributed by atoms with E-state index in [2.05, 4.69) is 13.8 Å². The molecule has 1 nitrogen and oxygen atoms in total. The van der Waals surface area contributed by atoms with Gasteiger partial charge in [0.1, 0.15) is 0 Å². The number of thioether (sulfide) groups is 1. The van der Waals surface area contributed by atoms with E-state index in [1.807, 2.05) is 0 Å². The third-order valence-electron chi connectivity index (χ3n) is 2.94. The molecule has 0 aromatic rings. The van der Waals surface area contributed by atoms with Gasteiger partial charge in [0.15, 0.2) is 0 Å². The Kier molecular flexibility index (Phi) is 22.0. The Morgan fingerprint density at radius 1 is 0.842 bits per heavy atom. The van der Waals surface area contributed by atoms with Gasteiger partial charge < -0.3 is 4.74 Å². The fraction of sp³-hybridized carbons (Fsp3) is 0.933. The van der Waals surface area contributed by atoms with Crippen molar-refractivity contribution >= 4 is 28.4 Å². The standard InChI is InChI=1S/C15H30OS2.Zn/c1-3-5-7-9-11-13-16-15(17)18-14-12-10-8-6-4-2;/h3-14H2,1-2H3;. The predicted octanol–water partition coefficient (Wildman–Crippen LogP) is 5.96. The molecule has 110 valence electrons. The molecule has 0 saturated heterocycles. The second kappa shape index (κ2) is 18.9. The van der Waals surface area contributed by atoms with E-state index in [9.17, 15) is 0 Å². The average Bonchev–Trinajstić information content (AvgIpc) is 2.38. The monoisotopic (exact) mass is 354 g/mol. The molecule has 0 heterocycles. The van der Waals surface area contributed by atoms with Gasteiger partial charge in [-0.05, 0) is 25.1 Å². The minimum Gasteiger partial charge on any atom is -0.479 e. The summed E-state index contributed by atoms with van der Waals surface area (Å²) in [6.07, 6.45) is 13.0. The van der Waals surface area contributed by atoms with E-state index < -0.39 is 0 Å². The van der Waals surface area contributed by atoms with E-state index in [1.165, 1.54) is 57.8 Å². The van der Waals surface area contributed by atoms with Gasteiger partial charge in [0.2, 0.25) is 4.38 Å². The van der Waals surface area contributed by atoms with Gasteiger partial charge in [0.25, 0.3) is 0 Å². The van der Waals surface area contributed by atoms with Crippen LogP contribution < -0.4 is 0 Å². The number of hydrogen-bond acceptors (Lipinski definition) is 3. The number of ether oxygens (including phenoxy) is 1. The third-order valence-corrected chi connectivity index (χ3v) is 4.25. The molecule has 0 saturated carbocycles. The molecule has 0 amide bonds. The summed E-state index contributed by atoms with van der Waals surface area (Å²) in [4.78, 5) is 0. The summed E-state index contributed by atoms with van der Waals surface area (Å²) in [6.45, 7) is 5.30.